The second-order valence-electron chi connectivity index (χ2n) is 4.07. The predicted octanol–water partition coefficient (Wildman–Crippen LogP) is 3.12. The summed E-state index contributed by atoms with van der Waals surface area (Å²) in [7, 11) is 3.28. The van der Waals surface area contributed by atoms with E-state index < -0.39 is 0 Å². The van der Waals surface area contributed by atoms with Crippen molar-refractivity contribution >= 4 is 11.3 Å². The molecule has 0 fully saturated rings. The van der Waals surface area contributed by atoms with Gasteiger partial charge in [0.2, 0.25) is 0 Å². The number of hydrogen-bond acceptors (Lipinski definition) is 4. The first-order chi connectivity index (χ1) is 8.63. The largest absolute Gasteiger partial charge is 0.497 e. The molecule has 4 heteroatoms. The molecule has 18 heavy (non-hydrogen) atoms. The lowest BCUT2D eigenvalue weighted by atomic mass is 10.1. The van der Waals surface area contributed by atoms with Gasteiger partial charge < -0.3 is 15.2 Å². The predicted molar refractivity (Wildman–Crippen MR) is 74.6 cm³/mol. The summed E-state index contributed by atoms with van der Waals surface area (Å²) >= 11 is 1.71. The SMILES string of the molecule is COc1cc(OC)cc(C(N)c2ccc(C)s2)c1. The lowest BCUT2D eigenvalue weighted by molar-refractivity contribution is 0.393. The summed E-state index contributed by atoms with van der Waals surface area (Å²) < 4.78 is 10.5. The first-order valence-electron chi connectivity index (χ1n) is 5.69. The van der Waals surface area contributed by atoms with Gasteiger partial charge in [-0.1, -0.05) is 0 Å². The Morgan fingerprint density at radius 1 is 1.06 bits per heavy atom. The van der Waals surface area contributed by atoms with Crippen molar-refractivity contribution < 1.29 is 9.47 Å². The summed E-state index contributed by atoms with van der Waals surface area (Å²) in [5.74, 6) is 1.51. The van der Waals surface area contributed by atoms with Crippen LogP contribution in [0.3, 0.4) is 0 Å². The second kappa shape index (κ2) is 5.42. The van der Waals surface area contributed by atoms with Crippen molar-refractivity contribution in [2.75, 3.05) is 14.2 Å². The molecule has 1 aromatic carbocycles. The maximum Gasteiger partial charge on any atom is 0.122 e. The van der Waals surface area contributed by atoms with Crippen LogP contribution in [0.15, 0.2) is 30.3 Å². The fourth-order valence-electron chi connectivity index (χ4n) is 1.79. The van der Waals surface area contributed by atoms with Gasteiger partial charge in [0, 0.05) is 15.8 Å². The molecule has 2 rings (SSSR count). The van der Waals surface area contributed by atoms with Gasteiger partial charge in [-0.25, -0.2) is 0 Å². The summed E-state index contributed by atoms with van der Waals surface area (Å²) in [4.78, 5) is 2.40. The van der Waals surface area contributed by atoms with E-state index in [2.05, 4.69) is 19.1 Å². The Kier molecular flexibility index (Phi) is 3.89. The van der Waals surface area contributed by atoms with Crippen molar-refractivity contribution in [1.29, 1.82) is 0 Å². The van der Waals surface area contributed by atoms with E-state index in [1.807, 2.05) is 18.2 Å². The number of hydrogen-bond donors (Lipinski definition) is 1. The minimum atomic E-state index is -0.146. The van der Waals surface area contributed by atoms with Crippen LogP contribution in [0.1, 0.15) is 21.4 Å². The van der Waals surface area contributed by atoms with E-state index in [9.17, 15) is 0 Å². The molecule has 1 heterocycles. The Balaban J connectivity index is 2.37. The Morgan fingerprint density at radius 2 is 1.67 bits per heavy atom. The van der Waals surface area contributed by atoms with Gasteiger partial charge >= 0.3 is 0 Å². The van der Waals surface area contributed by atoms with Crippen LogP contribution in [0.5, 0.6) is 11.5 Å². The van der Waals surface area contributed by atoms with E-state index in [-0.39, 0.29) is 6.04 Å². The zero-order valence-corrected chi connectivity index (χ0v) is 11.6. The van der Waals surface area contributed by atoms with Crippen molar-refractivity contribution in [3.8, 4) is 11.5 Å². The molecule has 0 saturated heterocycles. The molecule has 0 aliphatic carbocycles. The monoisotopic (exact) mass is 263 g/mol. The van der Waals surface area contributed by atoms with E-state index in [0.29, 0.717) is 0 Å². The first kappa shape index (κ1) is 12.9. The van der Waals surface area contributed by atoms with Gasteiger partial charge in [0.1, 0.15) is 11.5 Å². The van der Waals surface area contributed by atoms with E-state index in [0.717, 1.165) is 21.9 Å². The van der Waals surface area contributed by atoms with Crippen molar-refractivity contribution in [3.05, 3.63) is 45.6 Å². The highest BCUT2D eigenvalue weighted by molar-refractivity contribution is 7.12. The van der Waals surface area contributed by atoms with Gasteiger partial charge in [-0.15, -0.1) is 11.3 Å². The molecule has 0 saturated carbocycles. The maximum absolute atomic E-state index is 6.28. The average molecular weight is 263 g/mol. The third kappa shape index (κ3) is 2.66. The van der Waals surface area contributed by atoms with E-state index in [1.165, 1.54) is 4.88 Å². The third-order valence-electron chi connectivity index (χ3n) is 2.80. The summed E-state index contributed by atoms with van der Waals surface area (Å²) in [6.07, 6.45) is 0. The Hall–Kier alpha value is -1.52. The molecule has 96 valence electrons. The van der Waals surface area contributed by atoms with Crippen LogP contribution >= 0.6 is 11.3 Å². The molecule has 2 aromatic rings. The minimum Gasteiger partial charge on any atom is -0.497 e. The highest BCUT2D eigenvalue weighted by atomic mass is 32.1. The summed E-state index contributed by atoms with van der Waals surface area (Å²) in [6, 6.07) is 9.74. The molecule has 0 bridgehead atoms. The van der Waals surface area contributed by atoms with Gasteiger partial charge in [0.15, 0.2) is 0 Å². The lowest BCUT2D eigenvalue weighted by Gasteiger charge is -2.13. The third-order valence-corrected chi connectivity index (χ3v) is 3.88. The molecule has 0 radical (unpaired) electrons. The Bertz CT molecular complexity index is 514. The van der Waals surface area contributed by atoms with Crippen molar-refractivity contribution in [3.63, 3.8) is 0 Å². The number of methoxy groups -OCH3 is 2. The number of aryl methyl sites for hydroxylation is 1. The van der Waals surface area contributed by atoms with Crippen LogP contribution < -0.4 is 15.2 Å². The zero-order valence-electron chi connectivity index (χ0n) is 10.8. The molecule has 1 aromatic heterocycles. The minimum absolute atomic E-state index is 0.146. The summed E-state index contributed by atoms with van der Waals surface area (Å²) in [6.45, 7) is 2.08. The standard InChI is InChI=1S/C14H17NO2S/c1-9-4-5-13(18-9)14(15)10-6-11(16-2)8-12(7-10)17-3/h4-8,14H,15H2,1-3H3. The van der Waals surface area contributed by atoms with Gasteiger partial charge in [-0.2, -0.15) is 0 Å². The van der Waals surface area contributed by atoms with Crippen molar-refractivity contribution in [1.82, 2.24) is 0 Å². The lowest BCUT2D eigenvalue weighted by Crippen LogP contribution is -2.10. The van der Waals surface area contributed by atoms with Crippen LogP contribution in [-0.2, 0) is 0 Å². The zero-order chi connectivity index (χ0) is 13.1. The average Bonchev–Trinajstić information content (AvgIpc) is 2.83. The Morgan fingerprint density at radius 3 is 2.11 bits per heavy atom. The molecule has 1 unspecified atom stereocenters. The molecule has 2 N–H and O–H groups in total. The maximum atomic E-state index is 6.28. The Labute approximate surface area is 111 Å². The highest BCUT2D eigenvalue weighted by Crippen LogP contribution is 2.31. The van der Waals surface area contributed by atoms with Crippen LogP contribution in [0.2, 0.25) is 0 Å². The fraction of sp³-hybridized carbons (Fsp3) is 0.286. The molecule has 0 spiro atoms. The van der Waals surface area contributed by atoms with E-state index >= 15 is 0 Å². The molecule has 0 aliphatic rings. The first-order valence-corrected chi connectivity index (χ1v) is 6.50. The number of thiophene rings is 1. The molecule has 3 nitrogen and oxygen atoms in total. The number of ether oxygens (including phenoxy) is 2. The van der Waals surface area contributed by atoms with Gasteiger partial charge in [-0.05, 0) is 36.8 Å². The van der Waals surface area contributed by atoms with Gasteiger partial charge in [-0.3, -0.25) is 0 Å². The fourth-order valence-corrected chi connectivity index (χ4v) is 2.70. The second-order valence-corrected chi connectivity index (χ2v) is 5.39. The number of benzene rings is 1. The van der Waals surface area contributed by atoms with Crippen molar-refractivity contribution in [2.45, 2.75) is 13.0 Å². The normalized spacial score (nSPS) is 12.2. The van der Waals surface area contributed by atoms with Gasteiger partial charge in [0.05, 0.1) is 20.3 Å². The van der Waals surface area contributed by atoms with E-state index in [1.54, 1.807) is 25.6 Å². The quantitative estimate of drug-likeness (QED) is 0.921. The van der Waals surface area contributed by atoms with Crippen LogP contribution in [0, 0.1) is 6.92 Å². The van der Waals surface area contributed by atoms with Crippen molar-refractivity contribution in [2.24, 2.45) is 5.73 Å². The number of rotatable bonds is 4. The highest BCUT2D eigenvalue weighted by Gasteiger charge is 2.13. The van der Waals surface area contributed by atoms with Crippen LogP contribution in [0.25, 0.3) is 0 Å². The van der Waals surface area contributed by atoms with Gasteiger partial charge in [0.25, 0.3) is 0 Å². The topological polar surface area (TPSA) is 44.5 Å². The van der Waals surface area contributed by atoms with E-state index in [4.69, 9.17) is 15.2 Å². The molecule has 0 aliphatic heterocycles. The molecular formula is C14H17NO2S. The molecule has 1 atom stereocenters. The van der Waals surface area contributed by atoms with Crippen LogP contribution in [0.4, 0.5) is 0 Å². The smallest absolute Gasteiger partial charge is 0.122 e. The van der Waals surface area contributed by atoms with Crippen LogP contribution in [-0.4, -0.2) is 14.2 Å². The molecule has 0 amide bonds. The summed E-state index contributed by atoms with van der Waals surface area (Å²) in [5.41, 5.74) is 7.27. The summed E-state index contributed by atoms with van der Waals surface area (Å²) in [5, 5.41) is 0. The number of nitrogens with two attached hydrogens (primary N) is 1. The molecular weight excluding hydrogens is 246 g/mol.